The molecule has 2 aromatic rings. The fraction of sp³-hybridized carbons (Fsp3) is 0.611. The Labute approximate surface area is 160 Å². The minimum absolute atomic E-state index is 0.0685. The third-order valence-electron chi connectivity index (χ3n) is 5.06. The van der Waals surface area contributed by atoms with Gasteiger partial charge in [-0.3, -0.25) is 0 Å². The van der Waals surface area contributed by atoms with E-state index in [1.807, 2.05) is 10.9 Å². The van der Waals surface area contributed by atoms with E-state index < -0.39 is 24.1 Å². The Kier molecular flexibility index (Phi) is 5.49. The van der Waals surface area contributed by atoms with Crippen LogP contribution in [0, 0.1) is 0 Å². The lowest BCUT2D eigenvalue weighted by Crippen LogP contribution is -2.33. The number of nitrogens with one attached hydrogen (secondary N) is 1. The summed E-state index contributed by atoms with van der Waals surface area (Å²) in [5.74, 6) is -0.0685. The quantitative estimate of drug-likeness (QED) is 0.855. The van der Waals surface area contributed by atoms with Crippen molar-refractivity contribution in [2.75, 3.05) is 19.7 Å². The molecule has 4 rings (SSSR count). The minimum Gasteiger partial charge on any atom is -0.471 e. The monoisotopic (exact) mass is 397 g/mol. The first kappa shape index (κ1) is 19.1. The number of nitrogens with zero attached hydrogens (tertiary/aromatic N) is 4. The van der Waals surface area contributed by atoms with E-state index in [1.165, 1.54) is 12.1 Å². The van der Waals surface area contributed by atoms with Gasteiger partial charge in [-0.1, -0.05) is 11.3 Å². The SMILES string of the molecule is FC(F)(F)c1cccc(OC2CCCOC2c2cn(C3CCNCC3)nn2)n1. The highest BCUT2D eigenvalue weighted by atomic mass is 19.4. The molecular formula is C18H22F3N5O2. The topological polar surface area (TPSA) is 74.1 Å². The van der Waals surface area contributed by atoms with Gasteiger partial charge in [-0.2, -0.15) is 13.2 Å². The van der Waals surface area contributed by atoms with Crippen molar-refractivity contribution in [2.45, 2.75) is 50.1 Å². The van der Waals surface area contributed by atoms with Gasteiger partial charge in [0.2, 0.25) is 5.88 Å². The maximum atomic E-state index is 12.9. The van der Waals surface area contributed by atoms with Gasteiger partial charge in [-0.25, -0.2) is 9.67 Å². The van der Waals surface area contributed by atoms with Gasteiger partial charge < -0.3 is 14.8 Å². The van der Waals surface area contributed by atoms with Crippen molar-refractivity contribution in [3.05, 3.63) is 35.8 Å². The van der Waals surface area contributed by atoms with Crippen LogP contribution in [-0.4, -0.2) is 45.8 Å². The van der Waals surface area contributed by atoms with Gasteiger partial charge in [0.25, 0.3) is 0 Å². The van der Waals surface area contributed by atoms with Crippen molar-refractivity contribution in [3.8, 4) is 5.88 Å². The molecular weight excluding hydrogens is 375 g/mol. The number of rotatable bonds is 4. The van der Waals surface area contributed by atoms with Crippen molar-refractivity contribution in [2.24, 2.45) is 0 Å². The summed E-state index contributed by atoms with van der Waals surface area (Å²) in [7, 11) is 0. The second-order valence-corrected chi connectivity index (χ2v) is 7.05. The highest BCUT2D eigenvalue weighted by Crippen LogP contribution is 2.33. The maximum absolute atomic E-state index is 12.9. The van der Waals surface area contributed by atoms with Crippen LogP contribution in [0.2, 0.25) is 0 Å². The Morgan fingerprint density at radius 2 is 2.00 bits per heavy atom. The third-order valence-corrected chi connectivity index (χ3v) is 5.06. The van der Waals surface area contributed by atoms with E-state index in [4.69, 9.17) is 9.47 Å². The van der Waals surface area contributed by atoms with Crippen molar-refractivity contribution in [1.82, 2.24) is 25.3 Å². The average Bonchev–Trinajstić information content (AvgIpc) is 3.19. The number of hydrogen-bond acceptors (Lipinski definition) is 6. The molecule has 2 fully saturated rings. The lowest BCUT2D eigenvalue weighted by Gasteiger charge is -2.30. The standard InChI is InChI=1S/C18H22F3N5O2/c19-18(20,21)15-4-1-5-16(23-15)28-14-3-2-10-27-17(14)13-11-26(25-24-13)12-6-8-22-9-7-12/h1,4-5,11-12,14,17,22H,2-3,6-10H2. The Morgan fingerprint density at radius 3 is 2.79 bits per heavy atom. The fourth-order valence-electron chi connectivity index (χ4n) is 3.61. The van der Waals surface area contributed by atoms with E-state index in [1.54, 1.807) is 0 Å². The van der Waals surface area contributed by atoms with Crippen molar-refractivity contribution < 1.29 is 22.6 Å². The number of hydrogen-bond donors (Lipinski definition) is 1. The summed E-state index contributed by atoms with van der Waals surface area (Å²) >= 11 is 0. The van der Waals surface area contributed by atoms with Crippen LogP contribution in [0.25, 0.3) is 0 Å². The number of piperidine rings is 1. The number of pyridine rings is 1. The molecule has 2 aromatic heterocycles. The van der Waals surface area contributed by atoms with Gasteiger partial charge in [-0.05, 0) is 44.8 Å². The first-order chi connectivity index (χ1) is 13.5. The molecule has 4 heterocycles. The Hall–Kier alpha value is -2.20. The molecule has 2 unspecified atom stereocenters. The van der Waals surface area contributed by atoms with Crippen LogP contribution in [0.1, 0.15) is 49.2 Å². The van der Waals surface area contributed by atoms with Gasteiger partial charge in [0.15, 0.2) is 0 Å². The van der Waals surface area contributed by atoms with Gasteiger partial charge >= 0.3 is 6.18 Å². The number of alkyl halides is 3. The highest BCUT2D eigenvalue weighted by molar-refractivity contribution is 5.18. The molecule has 28 heavy (non-hydrogen) atoms. The van der Waals surface area contributed by atoms with Gasteiger partial charge in [0, 0.05) is 12.7 Å². The molecule has 152 valence electrons. The highest BCUT2D eigenvalue weighted by Gasteiger charge is 2.35. The summed E-state index contributed by atoms with van der Waals surface area (Å²) in [5.41, 5.74) is -0.342. The average molecular weight is 397 g/mol. The van der Waals surface area contributed by atoms with Crippen LogP contribution in [0.15, 0.2) is 24.4 Å². The van der Waals surface area contributed by atoms with Crippen LogP contribution >= 0.6 is 0 Å². The first-order valence-corrected chi connectivity index (χ1v) is 9.45. The molecule has 0 aromatic carbocycles. The molecule has 10 heteroatoms. The Morgan fingerprint density at radius 1 is 1.18 bits per heavy atom. The predicted octanol–water partition coefficient (Wildman–Crippen LogP) is 2.92. The molecule has 0 bridgehead atoms. The molecule has 0 saturated carbocycles. The molecule has 2 saturated heterocycles. The molecule has 0 radical (unpaired) electrons. The largest absolute Gasteiger partial charge is 0.471 e. The lowest BCUT2D eigenvalue weighted by atomic mass is 10.0. The smallest absolute Gasteiger partial charge is 0.433 e. The fourth-order valence-corrected chi connectivity index (χ4v) is 3.61. The molecule has 2 aliphatic rings. The second-order valence-electron chi connectivity index (χ2n) is 7.05. The second kappa shape index (κ2) is 8.04. The maximum Gasteiger partial charge on any atom is 0.433 e. The number of halogens is 3. The van der Waals surface area contributed by atoms with Crippen LogP contribution in [-0.2, 0) is 10.9 Å². The summed E-state index contributed by atoms with van der Waals surface area (Å²) in [6.45, 7) is 2.42. The third kappa shape index (κ3) is 4.27. The van der Waals surface area contributed by atoms with Crippen molar-refractivity contribution in [3.63, 3.8) is 0 Å². The van der Waals surface area contributed by atoms with Gasteiger partial charge in [0.1, 0.15) is 23.6 Å². The predicted molar refractivity (Wildman–Crippen MR) is 92.7 cm³/mol. The van der Waals surface area contributed by atoms with Crippen molar-refractivity contribution >= 4 is 0 Å². The van der Waals surface area contributed by atoms with Crippen LogP contribution in [0.4, 0.5) is 13.2 Å². The Balaban J connectivity index is 1.50. The summed E-state index contributed by atoms with van der Waals surface area (Å²) in [5, 5.41) is 11.8. The van der Waals surface area contributed by atoms with E-state index in [9.17, 15) is 13.2 Å². The van der Waals surface area contributed by atoms with E-state index in [2.05, 4.69) is 20.6 Å². The summed E-state index contributed by atoms with van der Waals surface area (Å²) < 4.78 is 52.2. The molecule has 1 N–H and O–H groups in total. The summed E-state index contributed by atoms with van der Waals surface area (Å²) in [6.07, 6.45) is -0.263. The normalized spacial score (nSPS) is 24.2. The zero-order valence-corrected chi connectivity index (χ0v) is 15.2. The molecule has 0 aliphatic carbocycles. The van der Waals surface area contributed by atoms with E-state index in [0.717, 1.165) is 38.4 Å². The molecule has 2 atom stereocenters. The number of aromatic nitrogens is 4. The van der Waals surface area contributed by atoms with Crippen LogP contribution in [0.5, 0.6) is 5.88 Å². The molecule has 7 nitrogen and oxygen atoms in total. The minimum atomic E-state index is -4.51. The number of ether oxygens (including phenoxy) is 2. The van der Waals surface area contributed by atoms with Crippen LogP contribution in [0.3, 0.4) is 0 Å². The van der Waals surface area contributed by atoms with E-state index in [0.29, 0.717) is 18.7 Å². The van der Waals surface area contributed by atoms with E-state index >= 15 is 0 Å². The van der Waals surface area contributed by atoms with Crippen LogP contribution < -0.4 is 10.1 Å². The lowest BCUT2D eigenvalue weighted by molar-refractivity contribution is -0.141. The molecule has 2 aliphatic heterocycles. The summed E-state index contributed by atoms with van der Waals surface area (Å²) in [4.78, 5) is 3.59. The van der Waals surface area contributed by atoms with Gasteiger partial charge in [-0.15, -0.1) is 5.10 Å². The zero-order valence-electron chi connectivity index (χ0n) is 15.2. The van der Waals surface area contributed by atoms with Gasteiger partial charge in [0.05, 0.1) is 12.2 Å². The molecule has 0 spiro atoms. The zero-order chi connectivity index (χ0) is 19.6. The first-order valence-electron chi connectivity index (χ1n) is 9.45. The Bertz CT molecular complexity index is 792. The summed E-state index contributed by atoms with van der Waals surface area (Å²) in [6, 6.07) is 3.92. The van der Waals surface area contributed by atoms with Crippen molar-refractivity contribution in [1.29, 1.82) is 0 Å². The van der Waals surface area contributed by atoms with E-state index in [-0.39, 0.29) is 11.9 Å². The molecule has 0 amide bonds.